The molecule has 0 amide bonds. The van der Waals surface area contributed by atoms with Gasteiger partial charge in [-0.2, -0.15) is 5.26 Å². The molecule has 0 bridgehead atoms. The zero-order valence-electron chi connectivity index (χ0n) is 7.94. The van der Waals surface area contributed by atoms with E-state index in [1.807, 2.05) is 35.4 Å². The highest BCUT2D eigenvalue weighted by atomic mass is 35.5. The van der Waals surface area contributed by atoms with E-state index in [4.69, 9.17) is 16.9 Å². The lowest BCUT2D eigenvalue weighted by Crippen LogP contribution is -2.35. The maximum Gasteiger partial charge on any atom is 0.212 e. The molecule has 0 unspecified atom stereocenters. The zero-order chi connectivity index (χ0) is 10.7. The van der Waals surface area contributed by atoms with E-state index in [0.717, 1.165) is 12.2 Å². The van der Waals surface area contributed by atoms with Crippen molar-refractivity contribution in [2.75, 3.05) is 18.0 Å². The van der Waals surface area contributed by atoms with Crippen molar-refractivity contribution in [3.63, 3.8) is 0 Å². The Morgan fingerprint density at radius 2 is 2.13 bits per heavy atom. The van der Waals surface area contributed by atoms with Crippen LogP contribution in [0.1, 0.15) is 0 Å². The third-order valence-electron chi connectivity index (χ3n) is 2.15. The molecule has 0 aliphatic carbocycles. The molecule has 5 heteroatoms. The Labute approximate surface area is 92.8 Å². The van der Waals surface area contributed by atoms with Gasteiger partial charge in [-0.25, -0.2) is 0 Å². The highest BCUT2D eigenvalue weighted by molar-refractivity contribution is 6.30. The van der Waals surface area contributed by atoms with Crippen molar-refractivity contribution in [3.8, 4) is 6.19 Å². The Balaban J connectivity index is 2.21. The van der Waals surface area contributed by atoms with Gasteiger partial charge in [0.25, 0.3) is 0 Å². The molecule has 4 nitrogen and oxygen atoms in total. The number of benzene rings is 1. The highest BCUT2D eigenvalue weighted by Crippen LogP contribution is 2.19. The van der Waals surface area contributed by atoms with Gasteiger partial charge in [-0.3, -0.25) is 10.3 Å². The number of nitrogens with one attached hydrogen (secondary N) is 1. The van der Waals surface area contributed by atoms with Crippen molar-refractivity contribution >= 4 is 23.2 Å². The SMILES string of the molecule is N#CNC1=NCCN1c1ccc(Cl)cc1. The van der Waals surface area contributed by atoms with Crippen LogP contribution in [0, 0.1) is 11.5 Å². The van der Waals surface area contributed by atoms with Gasteiger partial charge in [0.1, 0.15) is 0 Å². The van der Waals surface area contributed by atoms with Gasteiger partial charge in [0.15, 0.2) is 6.19 Å². The Kier molecular flexibility index (Phi) is 2.75. The fourth-order valence-electron chi connectivity index (χ4n) is 1.48. The average Bonchev–Trinajstić information content (AvgIpc) is 2.68. The van der Waals surface area contributed by atoms with Gasteiger partial charge in [0, 0.05) is 17.3 Å². The number of aliphatic imine (C=N–C) groups is 1. The molecule has 15 heavy (non-hydrogen) atoms. The van der Waals surface area contributed by atoms with E-state index in [9.17, 15) is 0 Å². The summed E-state index contributed by atoms with van der Waals surface area (Å²) in [6, 6.07) is 7.45. The third-order valence-corrected chi connectivity index (χ3v) is 2.40. The maximum absolute atomic E-state index is 8.55. The summed E-state index contributed by atoms with van der Waals surface area (Å²) in [5.74, 6) is 0.597. The molecule has 1 heterocycles. The summed E-state index contributed by atoms with van der Waals surface area (Å²) >= 11 is 5.80. The van der Waals surface area contributed by atoms with Gasteiger partial charge in [0.05, 0.1) is 6.54 Å². The van der Waals surface area contributed by atoms with Crippen molar-refractivity contribution in [1.82, 2.24) is 5.32 Å². The number of rotatable bonds is 1. The second-order valence-corrected chi connectivity index (χ2v) is 3.51. The number of nitriles is 1. The maximum atomic E-state index is 8.55. The van der Waals surface area contributed by atoms with Gasteiger partial charge in [0.2, 0.25) is 5.96 Å². The number of halogens is 1. The minimum absolute atomic E-state index is 0.597. The predicted octanol–water partition coefficient (Wildman–Crippen LogP) is 1.59. The second-order valence-electron chi connectivity index (χ2n) is 3.07. The molecule has 0 aromatic heterocycles. The molecule has 1 aromatic rings. The van der Waals surface area contributed by atoms with E-state index in [2.05, 4.69) is 10.3 Å². The summed E-state index contributed by atoms with van der Waals surface area (Å²) in [5, 5.41) is 11.8. The molecule has 0 atom stereocenters. The van der Waals surface area contributed by atoms with E-state index in [-0.39, 0.29) is 0 Å². The van der Waals surface area contributed by atoms with Crippen LogP contribution in [0.15, 0.2) is 29.3 Å². The van der Waals surface area contributed by atoms with E-state index >= 15 is 0 Å². The summed E-state index contributed by atoms with van der Waals surface area (Å²) in [5.41, 5.74) is 0.985. The van der Waals surface area contributed by atoms with Crippen LogP contribution in [0.2, 0.25) is 5.02 Å². The first-order chi connectivity index (χ1) is 7.31. The van der Waals surface area contributed by atoms with Crippen molar-refractivity contribution in [1.29, 1.82) is 5.26 Å². The number of hydrogen-bond acceptors (Lipinski definition) is 4. The molecule has 1 aromatic carbocycles. The summed E-state index contributed by atoms with van der Waals surface area (Å²) in [6.45, 7) is 1.48. The minimum atomic E-state index is 0.597. The van der Waals surface area contributed by atoms with Crippen LogP contribution < -0.4 is 10.2 Å². The van der Waals surface area contributed by atoms with Gasteiger partial charge >= 0.3 is 0 Å². The number of hydrogen-bond donors (Lipinski definition) is 1. The highest BCUT2D eigenvalue weighted by Gasteiger charge is 2.17. The molecule has 1 N–H and O–H groups in total. The Hall–Kier alpha value is -1.73. The average molecular weight is 221 g/mol. The lowest BCUT2D eigenvalue weighted by molar-refractivity contribution is 1.02. The normalized spacial score (nSPS) is 14.7. The molecule has 2 rings (SSSR count). The number of anilines is 1. The molecule has 0 fully saturated rings. The van der Waals surface area contributed by atoms with Crippen molar-refractivity contribution in [2.45, 2.75) is 0 Å². The van der Waals surface area contributed by atoms with Gasteiger partial charge in [-0.1, -0.05) is 11.6 Å². The molecule has 0 spiro atoms. The lowest BCUT2D eigenvalue weighted by atomic mass is 10.3. The monoisotopic (exact) mass is 220 g/mol. The Morgan fingerprint density at radius 1 is 1.40 bits per heavy atom. The van der Waals surface area contributed by atoms with Crippen LogP contribution in [-0.4, -0.2) is 19.0 Å². The van der Waals surface area contributed by atoms with Crippen molar-refractivity contribution in [3.05, 3.63) is 29.3 Å². The topological polar surface area (TPSA) is 51.4 Å². The first kappa shape index (κ1) is 9.81. The van der Waals surface area contributed by atoms with Gasteiger partial charge in [-0.05, 0) is 24.3 Å². The zero-order valence-corrected chi connectivity index (χ0v) is 8.70. The molecule has 0 saturated carbocycles. The van der Waals surface area contributed by atoms with Crippen molar-refractivity contribution in [2.24, 2.45) is 4.99 Å². The van der Waals surface area contributed by atoms with Crippen LogP contribution in [-0.2, 0) is 0 Å². The summed E-state index contributed by atoms with van der Waals surface area (Å²) in [4.78, 5) is 6.13. The molecule has 1 aliphatic heterocycles. The van der Waals surface area contributed by atoms with E-state index < -0.39 is 0 Å². The van der Waals surface area contributed by atoms with Crippen LogP contribution in [0.3, 0.4) is 0 Å². The number of guanidine groups is 1. The van der Waals surface area contributed by atoms with Gasteiger partial charge < -0.3 is 4.90 Å². The third kappa shape index (κ3) is 2.03. The summed E-state index contributed by atoms with van der Waals surface area (Å²) in [7, 11) is 0. The summed E-state index contributed by atoms with van der Waals surface area (Å²) < 4.78 is 0. The standard InChI is InChI=1S/C10H9ClN4/c11-8-1-3-9(4-2-8)15-6-5-13-10(15)14-7-12/h1-4H,5-6H2,(H,13,14). The Bertz CT molecular complexity index is 418. The van der Waals surface area contributed by atoms with Crippen LogP contribution in [0.4, 0.5) is 5.69 Å². The van der Waals surface area contributed by atoms with E-state index in [0.29, 0.717) is 17.5 Å². The first-order valence-corrected chi connectivity index (χ1v) is 4.92. The first-order valence-electron chi connectivity index (χ1n) is 4.54. The molecular weight excluding hydrogens is 212 g/mol. The lowest BCUT2D eigenvalue weighted by Gasteiger charge is -2.18. The van der Waals surface area contributed by atoms with Crippen LogP contribution in [0.25, 0.3) is 0 Å². The summed E-state index contributed by atoms with van der Waals surface area (Å²) in [6.07, 6.45) is 1.87. The predicted molar refractivity (Wildman–Crippen MR) is 59.8 cm³/mol. The van der Waals surface area contributed by atoms with Crippen LogP contribution in [0.5, 0.6) is 0 Å². The fraction of sp³-hybridized carbons (Fsp3) is 0.200. The smallest absolute Gasteiger partial charge is 0.212 e. The quantitative estimate of drug-likeness (QED) is 0.578. The molecule has 0 saturated heterocycles. The van der Waals surface area contributed by atoms with Crippen molar-refractivity contribution < 1.29 is 0 Å². The minimum Gasteiger partial charge on any atom is -0.310 e. The second kappa shape index (κ2) is 4.20. The Morgan fingerprint density at radius 3 is 2.80 bits per heavy atom. The van der Waals surface area contributed by atoms with Gasteiger partial charge in [-0.15, -0.1) is 0 Å². The van der Waals surface area contributed by atoms with E-state index in [1.165, 1.54) is 0 Å². The number of nitrogens with zero attached hydrogens (tertiary/aromatic N) is 3. The molecule has 1 aliphatic rings. The largest absolute Gasteiger partial charge is 0.310 e. The molecular formula is C10H9ClN4. The molecule has 76 valence electrons. The van der Waals surface area contributed by atoms with Crippen LogP contribution >= 0.6 is 11.6 Å². The fourth-order valence-corrected chi connectivity index (χ4v) is 1.60. The molecule has 0 radical (unpaired) electrons. The van der Waals surface area contributed by atoms with E-state index in [1.54, 1.807) is 0 Å².